The largest absolute Gasteiger partial charge is 0.368 e. The van der Waals surface area contributed by atoms with E-state index in [0.717, 1.165) is 19.3 Å². The molecule has 1 fully saturated rings. The molecule has 6 heteroatoms. The lowest BCUT2D eigenvalue weighted by Crippen LogP contribution is -2.40. The highest BCUT2D eigenvalue weighted by molar-refractivity contribution is 5.97. The summed E-state index contributed by atoms with van der Waals surface area (Å²) in [5, 5.41) is 3.40. The smallest absolute Gasteiger partial charge is 0.254 e. The first-order chi connectivity index (χ1) is 9.06. The number of carbonyl (C=O) groups excluding carboxylic acids is 1. The summed E-state index contributed by atoms with van der Waals surface area (Å²) in [6.07, 6.45) is 8.16. The van der Waals surface area contributed by atoms with Gasteiger partial charge in [-0.2, -0.15) is 4.98 Å². The number of hydrogen-bond donors (Lipinski definition) is 3. The Labute approximate surface area is 113 Å². The van der Waals surface area contributed by atoms with Gasteiger partial charge in [-0.15, -0.1) is 0 Å². The van der Waals surface area contributed by atoms with Crippen LogP contribution in [0.25, 0.3) is 0 Å². The zero-order chi connectivity index (χ0) is 13.9. The molecule has 1 aliphatic carbocycles. The second kappa shape index (κ2) is 5.42. The van der Waals surface area contributed by atoms with E-state index in [2.05, 4.69) is 22.2 Å². The van der Waals surface area contributed by atoms with Gasteiger partial charge >= 0.3 is 0 Å². The third-order valence-corrected chi connectivity index (χ3v) is 3.94. The van der Waals surface area contributed by atoms with E-state index < -0.39 is 5.91 Å². The van der Waals surface area contributed by atoms with E-state index in [1.165, 1.54) is 25.5 Å². The highest BCUT2D eigenvalue weighted by Gasteiger charge is 2.31. The Morgan fingerprint density at radius 1 is 1.42 bits per heavy atom. The Hall–Kier alpha value is -1.85. The highest BCUT2D eigenvalue weighted by Crippen LogP contribution is 2.34. The van der Waals surface area contributed by atoms with E-state index >= 15 is 0 Å². The highest BCUT2D eigenvalue weighted by atomic mass is 16.1. The number of rotatable bonds is 4. The number of anilines is 2. The van der Waals surface area contributed by atoms with Gasteiger partial charge in [-0.05, 0) is 19.3 Å². The summed E-state index contributed by atoms with van der Waals surface area (Å²) in [7, 11) is 0. The fourth-order valence-corrected chi connectivity index (χ4v) is 2.72. The Balaban J connectivity index is 2.30. The maximum absolute atomic E-state index is 11.4. The quantitative estimate of drug-likeness (QED) is 0.766. The van der Waals surface area contributed by atoms with Crippen LogP contribution in [-0.2, 0) is 0 Å². The number of hydrogen-bond acceptors (Lipinski definition) is 5. The SMILES string of the molecule is CCC1(Nc2nc(N)ncc2C(N)=O)CCCCC1. The molecule has 5 N–H and O–H groups in total. The summed E-state index contributed by atoms with van der Waals surface area (Å²) in [6, 6.07) is 0. The lowest BCUT2D eigenvalue weighted by Gasteiger charge is -2.38. The molecule has 6 nitrogen and oxygen atoms in total. The van der Waals surface area contributed by atoms with Gasteiger partial charge < -0.3 is 16.8 Å². The van der Waals surface area contributed by atoms with Crippen molar-refractivity contribution in [3.8, 4) is 0 Å². The number of nitrogens with one attached hydrogen (secondary N) is 1. The van der Waals surface area contributed by atoms with Gasteiger partial charge in [0.25, 0.3) is 5.91 Å². The molecule has 0 spiro atoms. The molecular formula is C13H21N5O. The molecule has 19 heavy (non-hydrogen) atoms. The van der Waals surface area contributed by atoms with Gasteiger partial charge in [0.1, 0.15) is 5.82 Å². The fraction of sp³-hybridized carbons (Fsp3) is 0.615. The number of nitrogen functional groups attached to an aromatic ring is 1. The first-order valence-corrected chi connectivity index (χ1v) is 6.77. The van der Waals surface area contributed by atoms with Crippen molar-refractivity contribution in [3.05, 3.63) is 11.8 Å². The zero-order valence-corrected chi connectivity index (χ0v) is 11.3. The van der Waals surface area contributed by atoms with E-state index in [4.69, 9.17) is 11.5 Å². The van der Waals surface area contributed by atoms with Crippen LogP contribution in [0.4, 0.5) is 11.8 Å². The van der Waals surface area contributed by atoms with Gasteiger partial charge in [-0.1, -0.05) is 26.2 Å². The minimum absolute atomic E-state index is 0.0107. The summed E-state index contributed by atoms with van der Waals surface area (Å²) in [5.41, 5.74) is 11.2. The van der Waals surface area contributed by atoms with Crippen LogP contribution in [0, 0.1) is 0 Å². The van der Waals surface area contributed by atoms with Crippen LogP contribution in [0.2, 0.25) is 0 Å². The number of amides is 1. The molecule has 104 valence electrons. The Morgan fingerprint density at radius 3 is 2.68 bits per heavy atom. The standard InChI is InChI=1S/C13H21N5O/c1-2-13(6-4-3-5-7-13)18-11-9(10(14)19)8-16-12(15)17-11/h8H,2-7H2,1H3,(H2,14,19)(H3,15,16,17,18). The molecular weight excluding hydrogens is 242 g/mol. The normalized spacial score (nSPS) is 17.9. The van der Waals surface area contributed by atoms with Crippen molar-refractivity contribution >= 4 is 17.7 Å². The number of carbonyl (C=O) groups is 1. The van der Waals surface area contributed by atoms with Gasteiger partial charge in [0.2, 0.25) is 5.95 Å². The van der Waals surface area contributed by atoms with Crippen LogP contribution in [0.3, 0.4) is 0 Å². The Bertz CT molecular complexity index is 468. The number of primary amides is 1. The maximum Gasteiger partial charge on any atom is 0.254 e. The predicted molar refractivity (Wildman–Crippen MR) is 74.7 cm³/mol. The minimum atomic E-state index is -0.537. The fourth-order valence-electron chi connectivity index (χ4n) is 2.72. The average molecular weight is 263 g/mol. The van der Waals surface area contributed by atoms with Gasteiger partial charge in [-0.25, -0.2) is 4.98 Å². The Morgan fingerprint density at radius 2 is 2.11 bits per heavy atom. The first kappa shape index (κ1) is 13.6. The number of nitrogens with two attached hydrogens (primary N) is 2. The van der Waals surface area contributed by atoms with Crippen molar-refractivity contribution in [2.45, 2.75) is 51.0 Å². The molecule has 1 heterocycles. The van der Waals surface area contributed by atoms with Gasteiger partial charge in [0.05, 0.1) is 5.56 Å². The second-order valence-corrected chi connectivity index (χ2v) is 5.17. The first-order valence-electron chi connectivity index (χ1n) is 6.77. The summed E-state index contributed by atoms with van der Waals surface area (Å²) in [5.74, 6) is 0.0721. The third-order valence-electron chi connectivity index (χ3n) is 3.94. The molecule has 2 rings (SSSR count). The number of nitrogens with zero attached hydrogens (tertiary/aromatic N) is 2. The van der Waals surface area contributed by atoms with Crippen molar-refractivity contribution in [1.29, 1.82) is 0 Å². The van der Waals surface area contributed by atoms with Crippen molar-refractivity contribution in [2.24, 2.45) is 5.73 Å². The summed E-state index contributed by atoms with van der Waals surface area (Å²) < 4.78 is 0. The molecule has 0 aliphatic heterocycles. The van der Waals surface area contributed by atoms with Crippen LogP contribution in [0.1, 0.15) is 55.8 Å². The lowest BCUT2D eigenvalue weighted by molar-refractivity contribution is 0.100. The van der Waals surface area contributed by atoms with E-state index in [9.17, 15) is 4.79 Å². The summed E-state index contributed by atoms with van der Waals surface area (Å²) in [6.45, 7) is 2.15. The van der Waals surface area contributed by atoms with E-state index in [0.29, 0.717) is 11.4 Å². The molecule has 0 bridgehead atoms. The second-order valence-electron chi connectivity index (χ2n) is 5.17. The van der Waals surface area contributed by atoms with Crippen molar-refractivity contribution < 1.29 is 4.79 Å². The lowest BCUT2D eigenvalue weighted by atomic mass is 9.79. The van der Waals surface area contributed by atoms with Gasteiger partial charge in [0.15, 0.2) is 0 Å². The van der Waals surface area contributed by atoms with E-state index in [-0.39, 0.29) is 11.5 Å². The van der Waals surface area contributed by atoms with Crippen LogP contribution in [-0.4, -0.2) is 21.4 Å². The molecule has 0 saturated heterocycles. The van der Waals surface area contributed by atoms with Crippen molar-refractivity contribution in [1.82, 2.24) is 9.97 Å². The van der Waals surface area contributed by atoms with Gasteiger partial charge in [-0.3, -0.25) is 4.79 Å². The van der Waals surface area contributed by atoms with Crippen molar-refractivity contribution in [3.63, 3.8) is 0 Å². The molecule has 1 aromatic heterocycles. The van der Waals surface area contributed by atoms with Crippen LogP contribution in [0.15, 0.2) is 6.20 Å². The minimum Gasteiger partial charge on any atom is -0.368 e. The molecule has 0 radical (unpaired) electrons. The average Bonchev–Trinajstić information content (AvgIpc) is 2.39. The Kier molecular flexibility index (Phi) is 3.87. The van der Waals surface area contributed by atoms with E-state index in [1.807, 2.05) is 0 Å². The molecule has 0 unspecified atom stereocenters. The van der Waals surface area contributed by atoms with Crippen LogP contribution < -0.4 is 16.8 Å². The molecule has 1 amide bonds. The van der Waals surface area contributed by atoms with Crippen LogP contribution in [0.5, 0.6) is 0 Å². The number of aromatic nitrogens is 2. The summed E-state index contributed by atoms with van der Waals surface area (Å²) in [4.78, 5) is 19.4. The topological polar surface area (TPSA) is 107 Å². The van der Waals surface area contributed by atoms with E-state index in [1.54, 1.807) is 0 Å². The molecule has 0 atom stereocenters. The molecule has 1 saturated carbocycles. The molecule has 0 aromatic carbocycles. The van der Waals surface area contributed by atoms with Gasteiger partial charge in [0, 0.05) is 11.7 Å². The summed E-state index contributed by atoms with van der Waals surface area (Å²) >= 11 is 0. The van der Waals surface area contributed by atoms with Crippen LogP contribution >= 0.6 is 0 Å². The molecule has 1 aromatic rings. The molecule has 1 aliphatic rings. The zero-order valence-electron chi connectivity index (χ0n) is 11.3. The third kappa shape index (κ3) is 2.94. The predicted octanol–water partition coefficient (Wildman–Crippen LogP) is 1.68. The maximum atomic E-state index is 11.4. The van der Waals surface area contributed by atoms with Crippen molar-refractivity contribution in [2.75, 3.05) is 11.1 Å². The monoisotopic (exact) mass is 263 g/mol.